The molecule has 0 unspecified atom stereocenters. The van der Waals surface area contributed by atoms with Crippen molar-refractivity contribution in [2.24, 2.45) is 0 Å². The van der Waals surface area contributed by atoms with Gasteiger partial charge in [-0.05, 0) is 46.0 Å². The van der Waals surface area contributed by atoms with E-state index in [1.54, 1.807) is 6.20 Å². The third-order valence-electron chi connectivity index (χ3n) is 3.56. The molecule has 0 bridgehead atoms. The van der Waals surface area contributed by atoms with E-state index in [1.165, 1.54) is 0 Å². The smallest absolute Gasteiger partial charge is 0.222 e. The molecular weight excluding hydrogens is 228 g/mol. The first-order chi connectivity index (χ1) is 8.65. The van der Waals surface area contributed by atoms with Gasteiger partial charge in [0.15, 0.2) is 0 Å². The summed E-state index contributed by atoms with van der Waals surface area (Å²) in [5, 5.41) is 7.29. The van der Waals surface area contributed by atoms with Crippen LogP contribution < -0.4 is 5.32 Å². The van der Waals surface area contributed by atoms with Crippen molar-refractivity contribution in [1.82, 2.24) is 20.0 Å². The van der Waals surface area contributed by atoms with Crippen LogP contribution in [0.3, 0.4) is 0 Å². The summed E-state index contributed by atoms with van der Waals surface area (Å²) in [6.07, 6.45) is 4.39. The van der Waals surface area contributed by atoms with E-state index < -0.39 is 0 Å². The third-order valence-corrected chi connectivity index (χ3v) is 3.56. The second-order valence-electron chi connectivity index (χ2n) is 5.09. The van der Waals surface area contributed by atoms with E-state index in [0.29, 0.717) is 19.0 Å². The van der Waals surface area contributed by atoms with Gasteiger partial charge in [-0.2, -0.15) is 5.10 Å². The van der Waals surface area contributed by atoms with Crippen molar-refractivity contribution in [1.29, 1.82) is 0 Å². The van der Waals surface area contributed by atoms with Gasteiger partial charge in [0.2, 0.25) is 5.91 Å². The zero-order chi connectivity index (χ0) is 13.0. The Balaban J connectivity index is 1.71. The molecule has 1 fully saturated rings. The van der Waals surface area contributed by atoms with Gasteiger partial charge in [0.25, 0.3) is 0 Å². The Kier molecular flexibility index (Phi) is 4.36. The summed E-state index contributed by atoms with van der Waals surface area (Å²) in [5.74, 6) is 0.138. The van der Waals surface area contributed by atoms with E-state index in [-0.39, 0.29) is 5.91 Å². The Bertz CT molecular complexity index is 393. The van der Waals surface area contributed by atoms with E-state index >= 15 is 0 Å². The first-order valence-electron chi connectivity index (χ1n) is 6.61. The summed E-state index contributed by atoms with van der Waals surface area (Å²) in [7, 11) is 2.12. The number of likely N-dealkylation sites (tertiary alicyclic amines) is 1. The van der Waals surface area contributed by atoms with Crippen LogP contribution >= 0.6 is 0 Å². The zero-order valence-corrected chi connectivity index (χ0v) is 11.2. The lowest BCUT2D eigenvalue weighted by Gasteiger charge is -2.29. The molecule has 0 atom stereocenters. The summed E-state index contributed by atoms with van der Waals surface area (Å²) in [5.41, 5.74) is 1.10. The molecule has 100 valence electrons. The number of aryl methyl sites for hydroxylation is 2. The lowest BCUT2D eigenvalue weighted by Crippen LogP contribution is -2.43. The molecule has 5 nitrogen and oxygen atoms in total. The minimum absolute atomic E-state index is 0.138. The van der Waals surface area contributed by atoms with Gasteiger partial charge in [0.05, 0.1) is 0 Å². The number of nitrogens with one attached hydrogen (secondary N) is 1. The highest BCUT2D eigenvalue weighted by Crippen LogP contribution is 2.08. The second-order valence-corrected chi connectivity index (χ2v) is 5.09. The predicted octanol–water partition coefficient (Wildman–Crippen LogP) is 0.792. The fourth-order valence-electron chi connectivity index (χ4n) is 2.29. The molecular formula is C13H22N4O. The maximum absolute atomic E-state index is 11.8. The minimum atomic E-state index is 0.138. The number of carbonyl (C=O) groups excluding carboxylic acids is 1. The van der Waals surface area contributed by atoms with Crippen molar-refractivity contribution in [2.45, 2.75) is 38.8 Å². The molecule has 18 heavy (non-hydrogen) atoms. The van der Waals surface area contributed by atoms with Crippen molar-refractivity contribution in [3.63, 3.8) is 0 Å². The largest absolute Gasteiger partial charge is 0.353 e. The maximum Gasteiger partial charge on any atom is 0.222 e. The Morgan fingerprint density at radius 2 is 2.22 bits per heavy atom. The van der Waals surface area contributed by atoms with Gasteiger partial charge in [-0.3, -0.25) is 9.48 Å². The molecule has 1 aliphatic heterocycles. The number of nitrogens with zero attached hydrogens (tertiary/aromatic N) is 3. The zero-order valence-electron chi connectivity index (χ0n) is 11.2. The SMILES string of the molecule is Cc1ccnn1CCC(=O)NC1CCN(C)CC1. The molecule has 2 heterocycles. The molecule has 0 radical (unpaired) electrons. The van der Waals surface area contributed by atoms with E-state index in [2.05, 4.69) is 22.4 Å². The summed E-state index contributed by atoms with van der Waals surface area (Å²) >= 11 is 0. The highest BCUT2D eigenvalue weighted by Gasteiger charge is 2.18. The number of aromatic nitrogens is 2. The number of carbonyl (C=O) groups is 1. The molecule has 0 aliphatic carbocycles. The quantitative estimate of drug-likeness (QED) is 0.859. The molecule has 1 aromatic rings. The topological polar surface area (TPSA) is 50.2 Å². The molecule has 1 aliphatic rings. The van der Waals surface area contributed by atoms with Crippen LogP contribution in [0.2, 0.25) is 0 Å². The first-order valence-corrected chi connectivity index (χ1v) is 6.61. The number of rotatable bonds is 4. The third kappa shape index (κ3) is 3.57. The average molecular weight is 250 g/mol. The van der Waals surface area contributed by atoms with Gasteiger partial charge < -0.3 is 10.2 Å². The van der Waals surface area contributed by atoms with Crippen LogP contribution in [-0.4, -0.2) is 46.8 Å². The van der Waals surface area contributed by atoms with Crippen molar-refractivity contribution in [3.8, 4) is 0 Å². The normalized spacial score (nSPS) is 17.9. The van der Waals surface area contributed by atoms with Gasteiger partial charge in [0, 0.05) is 30.9 Å². The van der Waals surface area contributed by atoms with Gasteiger partial charge in [-0.15, -0.1) is 0 Å². The lowest BCUT2D eigenvalue weighted by molar-refractivity contribution is -0.122. The standard InChI is InChI=1S/C13H22N4O/c1-11-3-7-14-17(11)10-6-13(18)15-12-4-8-16(2)9-5-12/h3,7,12H,4-6,8-10H2,1-2H3,(H,15,18). The molecule has 1 N–H and O–H groups in total. The van der Waals surface area contributed by atoms with Crippen LogP contribution in [0.25, 0.3) is 0 Å². The molecule has 1 amide bonds. The number of hydrogen-bond donors (Lipinski definition) is 1. The van der Waals surface area contributed by atoms with Crippen LogP contribution in [0.15, 0.2) is 12.3 Å². The Labute approximate surface area is 108 Å². The number of amides is 1. The summed E-state index contributed by atoms with van der Waals surface area (Å²) in [6.45, 7) is 4.81. The molecule has 5 heteroatoms. The average Bonchev–Trinajstić information content (AvgIpc) is 2.75. The number of piperidine rings is 1. The summed E-state index contributed by atoms with van der Waals surface area (Å²) in [4.78, 5) is 14.1. The second kappa shape index (κ2) is 6.00. The van der Waals surface area contributed by atoms with Gasteiger partial charge in [-0.1, -0.05) is 0 Å². The van der Waals surface area contributed by atoms with Gasteiger partial charge in [-0.25, -0.2) is 0 Å². The Hall–Kier alpha value is -1.36. The Morgan fingerprint density at radius 3 is 2.83 bits per heavy atom. The molecule has 0 aromatic carbocycles. The molecule has 1 aromatic heterocycles. The van der Waals surface area contributed by atoms with Crippen LogP contribution in [0.5, 0.6) is 0 Å². The van der Waals surface area contributed by atoms with E-state index in [0.717, 1.165) is 31.6 Å². The molecule has 0 spiro atoms. The molecule has 0 saturated carbocycles. The minimum Gasteiger partial charge on any atom is -0.353 e. The van der Waals surface area contributed by atoms with Gasteiger partial charge >= 0.3 is 0 Å². The van der Waals surface area contributed by atoms with Crippen molar-refractivity contribution in [2.75, 3.05) is 20.1 Å². The predicted molar refractivity (Wildman–Crippen MR) is 70.2 cm³/mol. The lowest BCUT2D eigenvalue weighted by atomic mass is 10.1. The first kappa shape index (κ1) is 13.1. The van der Waals surface area contributed by atoms with E-state index in [9.17, 15) is 4.79 Å². The number of hydrogen-bond acceptors (Lipinski definition) is 3. The highest BCUT2D eigenvalue weighted by atomic mass is 16.1. The van der Waals surface area contributed by atoms with Crippen LogP contribution in [0.1, 0.15) is 25.0 Å². The summed E-state index contributed by atoms with van der Waals surface area (Å²) in [6, 6.07) is 2.31. The fraction of sp³-hybridized carbons (Fsp3) is 0.692. The monoisotopic (exact) mass is 250 g/mol. The van der Waals surface area contributed by atoms with Crippen molar-refractivity contribution >= 4 is 5.91 Å². The molecule has 1 saturated heterocycles. The van der Waals surface area contributed by atoms with Gasteiger partial charge in [0.1, 0.15) is 0 Å². The molecule has 2 rings (SSSR count). The van der Waals surface area contributed by atoms with Crippen LogP contribution in [0, 0.1) is 6.92 Å². The van der Waals surface area contributed by atoms with Crippen LogP contribution in [-0.2, 0) is 11.3 Å². The van der Waals surface area contributed by atoms with Crippen molar-refractivity contribution in [3.05, 3.63) is 18.0 Å². The Morgan fingerprint density at radius 1 is 1.50 bits per heavy atom. The highest BCUT2D eigenvalue weighted by molar-refractivity contribution is 5.76. The van der Waals surface area contributed by atoms with Crippen molar-refractivity contribution < 1.29 is 4.79 Å². The summed E-state index contributed by atoms with van der Waals surface area (Å²) < 4.78 is 1.87. The fourth-order valence-corrected chi connectivity index (χ4v) is 2.29. The van der Waals surface area contributed by atoms with Crippen LogP contribution in [0.4, 0.5) is 0 Å². The van der Waals surface area contributed by atoms with E-state index in [1.807, 2.05) is 17.7 Å². The van der Waals surface area contributed by atoms with E-state index in [4.69, 9.17) is 0 Å². The maximum atomic E-state index is 11.8.